The minimum absolute atomic E-state index is 0.291. The first-order valence-electron chi connectivity index (χ1n) is 6.12. The Morgan fingerprint density at radius 3 is 2.62 bits per heavy atom. The Kier molecular flexibility index (Phi) is 4.44. The number of thiophene rings is 1. The van der Waals surface area contributed by atoms with E-state index in [0.717, 1.165) is 10.4 Å². The number of rotatable bonds is 4. The molecule has 6 nitrogen and oxygen atoms in total. The highest BCUT2D eigenvalue weighted by molar-refractivity contribution is 7.18. The second-order valence-electron chi connectivity index (χ2n) is 4.12. The minimum Gasteiger partial charge on any atom is -0.496 e. The molecule has 0 spiro atoms. The monoisotopic (exact) mass is 305 g/mol. The lowest BCUT2D eigenvalue weighted by atomic mass is 10.1. The van der Waals surface area contributed by atoms with E-state index in [2.05, 4.69) is 10.6 Å². The lowest BCUT2D eigenvalue weighted by Crippen LogP contribution is -2.25. The number of anilines is 1. The molecule has 0 aliphatic rings. The zero-order chi connectivity index (χ0) is 15.4. The summed E-state index contributed by atoms with van der Waals surface area (Å²) in [6.45, 7) is 0. The summed E-state index contributed by atoms with van der Waals surface area (Å²) in [6.07, 6.45) is 0. The van der Waals surface area contributed by atoms with Crippen molar-refractivity contribution in [3.63, 3.8) is 0 Å². The molecule has 0 saturated heterocycles. The van der Waals surface area contributed by atoms with Crippen LogP contribution in [0.25, 0.3) is 10.4 Å². The van der Waals surface area contributed by atoms with Crippen LogP contribution in [0, 0.1) is 0 Å². The summed E-state index contributed by atoms with van der Waals surface area (Å²) >= 11 is 1.21. The number of nitrogens with one attached hydrogen (secondary N) is 2. The smallest absolute Gasteiger partial charge is 0.319 e. The van der Waals surface area contributed by atoms with E-state index in [4.69, 9.17) is 10.5 Å². The zero-order valence-corrected chi connectivity index (χ0v) is 12.4. The van der Waals surface area contributed by atoms with Gasteiger partial charge in [0, 0.05) is 17.5 Å². The molecular weight excluding hydrogens is 290 g/mol. The Morgan fingerprint density at radius 2 is 2.00 bits per heavy atom. The summed E-state index contributed by atoms with van der Waals surface area (Å²) in [5.74, 6) is 0.0915. The number of amides is 3. The van der Waals surface area contributed by atoms with Crippen LogP contribution in [0.3, 0.4) is 0 Å². The number of para-hydroxylation sites is 1. The summed E-state index contributed by atoms with van der Waals surface area (Å²) in [4.78, 5) is 24.0. The molecule has 7 heteroatoms. The highest BCUT2D eigenvalue weighted by Gasteiger charge is 2.18. The van der Waals surface area contributed by atoms with Crippen LogP contribution in [0.4, 0.5) is 10.5 Å². The summed E-state index contributed by atoms with van der Waals surface area (Å²) in [5.41, 5.74) is 6.58. The predicted octanol–water partition coefficient (Wildman–Crippen LogP) is 2.27. The van der Waals surface area contributed by atoms with Crippen LogP contribution in [0.1, 0.15) is 9.67 Å². The highest BCUT2D eigenvalue weighted by atomic mass is 32.1. The van der Waals surface area contributed by atoms with Crippen molar-refractivity contribution in [2.24, 2.45) is 5.73 Å². The molecule has 21 heavy (non-hydrogen) atoms. The van der Waals surface area contributed by atoms with Crippen molar-refractivity contribution in [3.05, 3.63) is 35.2 Å². The highest BCUT2D eigenvalue weighted by Crippen LogP contribution is 2.38. The molecule has 3 amide bonds. The van der Waals surface area contributed by atoms with E-state index in [1.54, 1.807) is 13.2 Å². The number of nitrogens with two attached hydrogens (primary N) is 1. The molecule has 1 aromatic heterocycles. The molecule has 0 unspecified atom stereocenters. The second kappa shape index (κ2) is 6.27. The van der Waals surface area contributed by atoms with Crippen molar-refractivity contribution < 1.29 is 14.3 Å². The van der Waals surface area contributed by atoms with Gasteiger partial charge in [0.05, 0.1) is 12.8 Å². The first kappa shape index (κ1) is 14.9. The van der Waals surface area contributed by atoms with Gasteiger partial charge in [0.1, 0.15) is 10.6 Å². The number of hydrogen-bond acceptors (Lipinski definition) is 4. The molecule has 0 saturated carbocycles. The Balaban J connectivity index is 2.48. The van der Waals surface area contributed by atoms with Gasteiger partial charge in [0.15, 0.2) is 0 Å². The van der Waals surface area contributed by atoms with Crippen molar-refractivity contribution in [2.45, 2.75) is 0 Å². The lowest BCUT2D eigenvalue weighted by molar-refractivity contribution is 0.100. The summed E-state index contributed by atoms with van der Waals surface area (Å²) < 4.78 is 5.30. The predicted molar refractivity (Wildman–Crippen MR) is 82.9 cm³/mol. The molecule has 1 heterocycles. The number of benzene rings is 1. The fraction of sp³-hybridized carbons (Fsp3) is 0.143. The van der Waals surface area contributed by atoms with Gasteiger partial charge in [-0.2, -0.15) is 0 Å². The molecule has 0 radical (unpaired) electrons. The largest absolute Gasteiger partial charge is 0.496 e. The van der Waals surface area contributed by atoms with Crippen molar-refractivity contribution in [2.75, 3.05) is 19.5 Å². The van der Waals surface area contributed by atoms with E-state index in [-0.39, 0.29) is 0 Å². The Hall–Kier alpha value is -2.54. The average molecular weight is 305 g/mol. The number of ether oxygens (including phenoxy) is 1. The van der Waals surface area contributed by atoms with Gasteiger partial charge in [-0.25, -0.2) is 4.79 Å². The standard InChI is InChI=1S/C14H15N3O3S/c1-16-14(19)17-9-7-11(21-12(9)13(15)18)8-5-3-4-6-10(8)20-2/h3-7H,1-2H3,(H2,15,18)(H2,16,17,19). The number of carbonyl (C=O) groups excluding carboxylic acids is 2. The van der Waals surface area contributed by atoms with E-state index in [1.807, 2.05) is 24.3 Å². The van der Waals surface area contributed by atoms with Gasteiger partial charge in [-0.3, -0.25) is 4.79 Å². The molecule has 0 atom stereocenters. The van der Waals surface area contributed by atoms with Crippen LogP contribution in [0.5, 0.6) is 5.75 Å². The van der Waals surface area contributed by atoms with E-state index in [0.29, 0.717) is 16.3 Å². The van der Waals surface area contributed by atoms with Crippen LogP contribution >= 0.6 is 11.3 Å². The Morgan fingerprint density at radius 1 is 1.29 bits per heavy atom. The number of methoxy groups -OCH3 is 1. The number of carbonyl (C=O) groups is 2. The molecule has 1 aromatic carbocycles. The molecule has 2 rings (SSSR count). The number of hydrogen-bond donors (Lipinski definition) is 3. The lowest BCUT2D eigenvalue weighted by Gasteiger charge is -2.05. The fourth-order valence-corrected chi connectivity index (χ4v) is 2.83. The number of primary amides is 1. The summed E-state index contributed by atoms with van der Waals surface area (Å²) in [7, 11) is 3.07. The molecule has 4 N–H and O–H groups in total. The van der Waals surface area contributed by atoms with Crippen molar-refractivity contribution >= 4 is 29.0 Å². The average Bonchev–Trinajstić information content (AvgIpc) is 2.90. The van der Waals surface area contributed by atoms with Crippen LogP contribution < -0.4 is 21.1 Å². The molecule has 0 aliphatic carbocycles. The Bertz CT molecular complexity index is 682. The topological polar surface area (TPSA) is 93.4 Å². The van der Waals surface area contributed by atoms with E-state index >= 15 is 0 Å². The molecule has 0 bridgehead atoms. The molecule has 2 aromatic rings. The molecular formula is C14H15N3O3S. The normalized spacial score (nSPS) is 10.0. The van der Waals surface area contributed by atoms with Gasteiger partial charge in [0.25, 0.3) is 5.91 Å². The van der Waals surface area contributed by atoms with Gasteiger partial charge in [-0.1, -0.05) is 12.1 Å². The van der Waals surface area contributed by atoms with Crippen LogP contribution in [0.15, 0.2) is 30.3 Å². The van der Waals surface area contributed by atoms with E-state index < -0.39 is 11.9 Å². The third-order valence-corrected chi connectivity index (χ3v) is 3.99. The zero-order valence-electron chi connectivity index (χ0n) is 11.6. The van der Waals surface area contributed by atoms with Gasteiger partial charge >= 0.3 is 6.03 Å². The van der Waals surface area contributed by atoms with Crippen LogP contribution in [-0.4, -0.2) is 26.1 Å². The summed E-state index contributed by atoms with van der Waals surface area (Å²) in [5, 5.41) is 5.02. The SMILES string of the molecule is CNC(=O)Nc1cc(-c2ccccc2OC)sc1C(N)=O. The third kappa shape index (κ3) is 3.14. The molecule has 0 aliphatic heterocycles. The maximum absolute atomic E-state index is 11.5. The maximum Gasteiger partial charge on any atom is 0.319 e. The fourth-order valence-electron chi connectivity index (χ4n) is 1.83. The summed E-state index contributed by atoms with van der Waals surface area (Å²) in [6, 6.07) is 8.71. The van der Waals surface area contributed by atoms with E-state index in [1.165, 1.54) is 18.4 Å². The quantitative estimate of drug-likeness (QED) is 0.809. The first-order valence-corrected chi connectivity index (χ1v) is 6.94. The van der Waals surface area contributed by atoms with Gasteiger partial charge in [-0.05, 0) is 18.2 Å². The van der Waals surface area contributed by atoms with Gasteiger partial charge in [0.2, 0.25) is 0 Å². The van der Waals surface area contributed by atoms with Crippen LogP contribution in [0.2, 0.25) is 0 Å². The third-order valence-electron chi connectivity index (χ3n) is 2.80. The van der Waals surface area contributed by atoms with Gasteiger partial charge in [-0.15, -0.1) is 11.3 Å². The second-order valence-corrected chi connectivity index (χ2v) is 5.17. The molecule has 110 valence electrons. The first-order chi connectivity index (χ1) is 10.1. The van der Waals surface area contributed by atoms with Crippen molar-refractivity contribution in [1.82, 2.24) is 5.32 Å². The van der Waals surface area contributed by atoms with Crippen LogP contribution in [-0.2, 0) is 0 Å². The van der Waals surface area contributed by atoms with E-state index in [9.17, 15) is 9.59 Å². The maximum atomic E-state index is 11.5. The Labute approximate surface area is 125 Å². The van der Waals surface area contributed by atoms with Crippen molar-refractivity contribution in [1.29, 1.82) is 0 Å². The van der Waals surface area contributed by atoms with Crippen molar-refractivity contribution in [3.8, 4) is 16.2 Å². The molecule has 0 fully saturated rings. The number of urea groups is 1. The van der Waals surface area contributed by atoms with Gasteiger partial charge < -0.3 is 21.1 Å². The minimum atomic E-state index is -0.590.